The second kappa shape index (κ2) is 10.2. The minimum Gasteiger partial charge on any atom is -0.426 e. The first kappa shape index (κ1) is 27.9. The Labute approximate surface area is 215 Å². The van der Waals surface area contributed by atoms with Gasteiger partial charge in [0.2, 0.25) is 5.91 Å². The molecular formula is C24H33NO11S. The lowest BCUT2D eigenvalue weighted by atomic mass is 9.97. The van der Waals surface area contributed by atoms with E-state index in [0.717, 1.165) is 0 Å². The Morgan fingerprint density at radius 1 is 1.19 bits per heavy atom. The zero-order valence-electron chi connectivity index (χ0n) is 21.6. The molecule has 0 bridgehead atoms. The summed E-state index contributed by atoms with van der Waals surface area (Å²) in [5.41, 5.74) is -0.713. The van der Waals surface area contributed by atoms with Gasteiger partial charge >= 0.3 is 5.97 Å². The average molecular weight is 544 g/mol. The molecule has 1 aromatic carbocycles. The predicted molar refractivity (Wildman–Crippen MR) is 126 cm³/mol. The standard InChI is InChI=1S/C24H33NO11S/c1-23(2,3)22(27)32-13-7-9-14(10-8-13)37(28,29)31-12-15(33-17-11-16(26)25-17)18-19(30-6)20-21(34-18)36-24(4,5)35-20/h7-10,15,17-21H,11-12H2,1-6H3,(H,25,26)/t15-,17+,18-,19+,20-,21-/m1/s1. The monoisotopic (exact) mass is 543 g/mol. The number of carbonyl (C=O) groups excluding carboxylic acids is 2. The molecule has 4 rings (SSSR count). The van der Waals surface area contributed by atoms with E-state index in [2.05, 4.69) is 5.32 Å². The highest BCUT2D eigenvalue weighted by Crippen LogP contribution is 2.40. The predicted octanol–water partition coefficient (Wildman–Crippen LogP) is 1.47. The zero-order chi connectivity index (χ0) is 27.2. The molecule has 0 radical (unpaired) electrons. The Balaban J connectivity index is 1.45. The number of benzene rings is 1. The summed E-state index contributed by atoms with van der Waals surface area (Å²) in [4.78, 5) is 23.3. The maximum atomic E-state index is 12.9. The van der Waals surface area contributed by atoms with Crippen LogP contribution in [0.3, 0.4) is 0 Å². The fraction of sp³-hybridized carbons (Fsp3) is 0.667. The molecule has 3 aliphatic rings. The quantitative estimate of drug-likeness (QED) is 0.209. The van der Waals surface area contributed by atoms with Crippen LogP contribution >= 0.6 is 0 Å². The number of esters is 1. The van der Waals surface area contributed by atoms with E-state index in [0.29, 0.717) is 0 Å². The highest BCUT2D eigenvalue weighted by Gasteiger charge is 2.57. The Bertz CT molecular complexity index is 1100. The van der Waals surface area contributed by atoms with Gasteiger partial charge in [0.15, 0.2) is 12.1 Å². The van der Waals surface area contributed by atoms with Gasteiger partial charge in [-0.15, -0.1) is 0 Å². The number of carbonyl (C=O) groups is 2. The van der Waals surface area contributed by atoms with Gasteiger partial charge in [-0.1, -0.05) is 0 Å². The van der Waals surface area contributed by atoms with Crippen molar-refractivity contribution in [1.82, 2.24) is 5.32 Å². The van der Waals surface area contributed by atoms with Gasteiger partial charge in [-0.05, 0) is 58.9 Å². The molecule has 0 saturated carbocycles. The second-order valence-corrected chi connectivity index (χ2v) is 12.2. The summed E-state index contributed by atoms with van der Waals surface area (Å²) < 4.78 is 65.7. The average Bonchev–Trinajstić information content (AvgIpc) is 3.25. The molecule has 3 fully saturated rings. The van der Waals surface area contributed by atoms with Crippen molar-refractivity contribution in [3.05, 3.63) is 24.3 Å². The summed E-state index contributed by atoms with van der Waals surface area (Å²) in [6.07, 6.45) is -4.20. The van der Waals surface area contributed by atoms with Gasteiger partial charge in [-0.3, -0.25) is 13.8 Å². The van der Waals surface area contributed by atoms with Crippen molar-refractivity contribution in [2.45, 2.75) is 88.7 Å². The first-order chi connectivity index (χ1) is 17.2. The van der Waals surface area contributed by atoms with Gasteiger partial charge in [0.1, 0.15) is 36.4 Å². The van der Waals surface area contributed by atoms with E-state index in [1.54, 1.807) is 34.6 Å². The lowest BCUT2D eigenvalue weighted by Gasteiger charge is -2.35. The topological polar surface area (TPSA) is 145 Å². The number of β-lactam (4-membered cyclic amide) rings is 1. The summed E-state index contributed by atoms with van der Waals surface area (Å²) in [7, 11) is -2.74. The summed E-state index contributed by atoms with van der Waals surface area (Å²) >= 11 is 0. The van der Waals surface area contributed by atoms with Gasteiger partial charge in [0.25, 0.3) is 10.1 Å². The molecule has 1 aromatic rings. The van der Waals surface area contributed by atoms with Crippen LogP contribution in [0.4, 0.5) is 0 Å². The molecule has 0 unspecified atom stereocenters. The molecule has 6 atom stereocenters. The van der Waals surface area contributed by atoms with Crippen LogP contribution in [0.2, 0.25) is 0 Å². The van der Waals surface area contributed by atoms with Crippen molar-refractivity contribution in [2.75, 3.05) is 13.7 Å². The van der Waals surface area contributed by atoms with E-state index < -0.39 is 70.8 Å². The molecule has 0 spiro atoms. The number of ether oxygens (including phenoxy) is 6. The summed E-state index contributed by atoms with van der Waals surface area (Å²) in [5, 5.41) is 2.59. The number of amides is 1. The van der Waals surface area contributed by atoms with Crippen LogP contribution in [0.5, 0.6) is 5.75 Å². The minimum atomic E-state index is -4.22. The second-order valence-electron chi connectivity index (χ2n) is 10.6. The van der Waals surface area contributed by atoms with Crippen molar-refractivity contribution in [2.24, 2.45) is 5.41 Å². The lowest BCUT2D eigenvalue weighted by molar-refractivity contribution is -0.239. The number of nitrogens with one attached hydrogen (secondary N) is 1. The Hall–Kier alpha value is -2.13. The summed E-state index contributed by atoms with van der Waals surface area (Å²) in [6, 6.07) is 5.30. The highest BCUT2D eigenvalue weighted by atomic mass is 32.2. The number of rotatable bonds is 9. The van der Waals surface area contributed by atoms with Crippen LogP contribution in [0, 0.1) is 5.41 Å². The van der Waals surface area contributed by atoms with E-state index in [4.69, 9.17) is 32.6 Å². The van der Waals surface area contributed by atoms with Gasteiger partial charge in [0, 0.05) is 7.11 Å². The molecule has 0 aliphatic carbocycles. The fourth-order valence-corrected chi connectivity index (χ4v) is 4.98. The maximum absolute atomic E-state index is 12.9. The molecule has 3 saturated heterocycles. The molecule has 1 N–H and O–H groups in total. The van der Waals surface area contributed by atoms with Crippen LogP contribution in [0.25, 0.3) is 0 Å². The van der Waals surface area contributed by atoms with Crippen LogP contribution in [-0.2, 0) is 47.6 Å². The van der Waals surface area contributed by atoms with Crippen molar-refractivity contribution in [3.8, 4) is 5.75 Å². The van der Waals surface area contributed by atoms with Crippen molar-refractivity contribution < 1.29 is 50.6 Å². The van der Waals surface area contributed by atoms with Gasteiger partial charge in [-0.2, -0.15) is 8.42 Å². The van der Waals surface area contributed by atoms with Crippen molar-refractivity contribution in [3.63, 3.8) is 0 Å². The Morgan fingerprint density at radius 3 is 2.41 bits per heavy atom. The van der Waals surface area contributed by atoms with E-state index in [9.17, 15) is 18.0 Å². The first-order valence-corrected chi connectivity index (χ1v) is 13.3. The Kier molecular flexibility index (Phi) is 7.70. The lowest BCUT2D eigenvalue weighted by Crippen LogP contribution is -2.55. The number of fused-ring (bicyclic) bond motifs is 1. The van der Waals surface area contributed by atoms with Crippen LogP contribution in [0.15, 0.2) is 29.2 Å². The van der Waals surface area contributed by atoms with Crippen LogP contribution < -0.4 is 10.1 Å². The molecular weight excluding hydrogens is 510 g/mol. The van der Waals surface area contributed by atoms with Crippen molar-refractivity contribution >= 4 is 22.0 Å². The molecule has 1 amide bonds. The SMILES string of the molecule is CO[C@@H]1[C@H]2OC(C)(C)O[C@H]2O[C@@H]1[C@@H](COS(=O)(=O)c1ccc(OC(=O)C(C)(C)C)cc1)O[C@H]1CC(=O)N1. The zero-order valence-corrected chi connectivity index (χ0v) is 22.4. The molecule has 3 heterocycles. The normalized spacial score (nSPS) is 29.8. The van der Waals surface area contributed by atoms with Crippen LogP contribution in [-0.4, -0.2) is 76.7 Å². The molecule has 13 heteroatoms. The maximum Gasteiger partial charge on any atom is 0.316 e. The number of hydrogen-bond donors (Lipinski definition) is 1. The third kappa shape index (κ3) is 6.30. The van der Waals surface area contributed by atoms with Gasteiger partial charge < -0.3 is 33.7 Å². The largest absolute Gasteiger partial charge is 0.426 e. The first-order valence-electron chi connectivity index (χ1n) is 11.9. The molecule has 0 aromatic heterocycles. The third-order valence-corrected chi connectivity index (χ3v) is 7.32. The smallest absolute Gasteiger partial charge is 0.316 e. The summed E-state index contributed by atoms with van der Waals surface area (Å²) in [5.74, 6) is -1.31. The van der Waals surface area contributed by atoms with Crippen molar-refractivity contribution in [1.29, 1.82) is 0 Å². The van der Waals surface area contributed by atoms with E-state index in [-0.39, 0.29) is 23.0 Å². The van der Waals surface area contributed by atoms with Gasteiger partial charge in [0.05, 0.1) is 23.3 Å². The molecule has 206 valence electrons. The third-order valence-electron chi connectivity index (χ3n) is 6.02. The molecule has 12 nitrogen and oxygen atoms in total. The number of methoxy groups -OCH3 is 1. The molecule has 3 aliphatic heterocycles. The number of hydrogen-bond acceptors (Lipinski definition) is 11. The van der Waals surface area contributed by atoms with Crippen LogP contribution in [0.1, 0.15) is 41.0 Å². The van der Waals surface area contributed by atoms with E-state index in [1.807, 2.05) is 0 Å². The Morgan fingerprint density at radius 2 is 1.84 bits per heavy atom. The van der Waals surface area contributed by atoms with Gasteiger partial charge in [-0.25, -0.2) is 0 Å². The highest BCUT2D eigenvalue weighted by molar-refractivity contribution is 7.86. The van der Waals surface area contributed by atoms with E-state index in [1.165, 1.54) is 31.4 Å². The fourth-order valence-electron chi connectivity index (χ4n) is 4.06. The van der Waals surface area contributed by atoms with E-state index >= 15 is 0 Å². The molecule has 37 heavy (non-hydrogen) atoms. The summed E-state index contributed by atoms with van der Waals surface area (Å²) in [6.45, 7) is 8.21. The minimum absolute atomic E-state index is 0.120.